The molecular weight excluding hydrogens is 287 g/mol. The van der Waals surface area contributed by atoms with Crippen LogP contribution in [0, 0.1) is 0 Å². The number of benzene rings is 1. The van der Waals surface area contributed by atoms with E-state index in [-0.39, 0.29) is 5.82 Å². The van der Waals surface area contributed by atoms with E-state index in [1.165, 1.54) is 0 Å². The predicted molar refractivity (Wildman–Crippen MR) is 63.9 cm³/mol. The van der Waals surface area contributed by atoms with Crippen LogP contribution >= 0.6 is 0 Å². The minimum atomic E-state index is -4.64. The van der Waals surface area contributed by atoms with Crippen LogP contribution in [0.5, 0.6) is 0 Å². The van der Waals surface area contributed by atoms with Crippen molar-refractivity contribution in [3.05, 3.63) is 48.4 Å². The Hall–Kier alpha value is -2.71. The molecule has 0 unspecified atom stereocenters. The first kappa shape index (κ1) is 13.3. The Bertz CT molecular complexity index is 718. The lowest BCUT2D eigenvalue weighted by Crippen LogP contribution is -2.04. The molecule has 0 spiro atoms. The molecule has 21 heavy (non-hydrogen) atoms. The summed E-state index contributed by atoms with van der Waals surface area (Å²) < 4.78 is 43.1. The number of hydrogen-bond acceptors (Lipinski definition) is 5. The van der Waals surface area contributed by atoms with Crippen molar-refractivity contribution in [3.63, 3.8) is 0 Å². The average Bonchev–Trinajstić information content (AvgIpc) is 3.09. The van der Waals surface area contributed by atoms with Crippen molar-refractivity contribution in [3.8, 4) is 11.4 Å². The summed E-state index contributed by atoms with van der Waals surface area (Å²) >= 11 is 0. The fraction of sp³-hybridized carbons (Fsp3) is 0.167. The summed E-state index contributed by atoms with van der Waals surface area (Å²) in [6.07, 6.45) is -1.50. The van der Waals surface area contributed by atoms with Gasteiger partial charge in [0.1, 0.15) is 12.7 Å². The molecule has 0 aliphatic rings. The zero-order valence-corrected chi connectivity index (χ0v) is 10.4. The lowest BCUT2D eigenvalue weighted by molar-refractivity contribution is -0.159. The van der Waals surface area contributed by atoms with Crippen LogP contribution in [0.4, 0.5) is 13.2 Å². The summed E-state index contributed by atoms with van der Waals surface area (Å²) in [5.41, 5.74) is 1.39. The molecule has 6 nitrogen and oxygen atoms in total. The summed E-state index contributed by atoms with van der Waals surface area (Å²) in [6, 6.07) is 6.79. The minimum Gasteiger partial charge on any atom is -0.329 e. The third-order valence-corrected chi connectivity index (χ3v) is 2.71. The van der Waals surface area contributed by atoms with Gasteiger partial charge in [0, 0.05) is 12.1 Å². The van der Waals surface area contributed by atoms with Crippen LogP contribution in [0.2, 0.25) is 0 Å². The van der Waals surface area contributed by atoms with E-state index in [0.29, 0.717) is 12.1 Å². The normalized spacial score (nSPS) is 11.8. The van der Waals surface area contributed by atoms with Gasteiger partial charge in [-0.1, -0.05) is 29.4 Å². The maximum absolute atomic E-state index is 12.4. The highest BCUT2D eigenvalue weighted by atomic mass is 19.4. The second kappa shape index (κ2) is 5.00. The van der Waals surface area contributed by atoms with Crippen LogP contribution in [-0.2, 0) is 12.7 Å². The smallest absolute Gasteiger partial charge is 0.329 e. The molecule has 0 aliphatic heterocycles. The number of rotatable bonds is 3. The van der Waals surface area contributed by atoms with Crippen molar-refractivity contribution in [2.75, 3.05) is 0 Å². The summed E-state index contributed by atoms with van der Waals surface area (Å²) in [6.45, 7) is 0.563. The quantitative estimate of drug-likeness (QED) is 0.742. The van der Waals surface area contributed by atoms with Crippen LogP contribution in [0.25, 0.3) is 11.4 Å². The standard InChI is InChI=1S/C12H8F3N5O/c13-12(14,15)11-18-10(19-21-11)9-3-1-8(2-4-9)5-20-6-16-17-7-20/h1-4,6-7H,5H2. The molecule has 108 valence electrons. The van der Waals surface area contributed by atoms with Crippen molar-refractivity contribution >= 4 is 0 Å². The van der Waals surface area contributed by atoms with E-state index in [1.54, 1.807) is 41.5 Å². The molecule has 2 heterocycles. The maximum Gasteiger partial charge on any atom is 0.471 e. The lowest BCUT2D eigenvalue weighted by atomic mass is 10.1. The number of aromatic nitrogens is 5. The monoisotopic (exact) mass is 295 g/mol. The van der Waals surface area contributed by atoms with Gasteiger partial charge < -0.3 is 9.09 Å². The molecule has 0 aliphatic carbocycles. The van der Waals surface area contributed by atoms with Gasteiger partial charge in [0.15, 0.2) is 0 Å². The van der Waals surface area contributed by atoms with Crippen LogP contribution in [-0.4, -0.2) is 24.9 Å². The number of nitrogens with zero attached hydrogens (tertiary/aromatic N) is 5. The lowest BCUT2D eigenvalue weighted by Gasteiger charge is -2.02. The third-order valence-electron chi connectivity index (χ3n) is 2.71. The molecule has 0 fully saturated rings. The Morgan fingerprint density at radius 2 is 1.71 bits per heavy atom. The highest BCUT2D eigenvalue weighted by Crippen LogP contribution is 2.29. The zero-order chi connectivity index (χ0) is 14.9. The molecule has 0 atom stereocenters. The Morgan fingerprint density at radius 1 is 1.05 bits per heavy atom. The summed E-state index contributed by atoms with van der Waals surface area (Å²) in [4.78, 5) is 3.33. The van der Waals surface area contributed by atoms with E-state index in [4.69, 9.17) is 0 Å². The molecule has 1 aromatic carbocycles. The highest BCUT2D eigenvalue weighted by molar-refractivity contribution is 5.54. The highest BCUT2D eigenvalue weighted by Gasteiger charge is 2.38. The maximum atomic E-state index is 12.4. The minimum absolute atomic E-state index is 0.0989. The summed E-state index contributed by atoms with van der Waals surface area (Å²) in [7, 11) is 0. The first-order valence-corrected chi connectivity index (χ1v) is 5.85. The van der Waals surface area contributed by atoms with Gasteiger partial charge in [-0.05, 0) is 5.56 Å². The van der Waals surface area contributed by atoms with Crippen molar-refractivity contribution in [1.29, 1.82) is 0 Å². The van der Waals surface area contributed by atoms with E-state index in [0.717, 1.165) is 5.56 Å². The fourth-order valence-corrected chi connectivity index (χ4v) is 1.73. The molecule has 0 radical (unpaired) electrons. The molecule has 0 amide bonds. The third kappa shape index (κ3) is 2.91. The van der Waals surface area contributed by atoms with Gasteiger partial charge in [0.2, 0.25) is 5.82 Å². The zero-order valence-electron chi connectivity index (χ0n) is 10.4. The molecule has 9 heteroatoms. The van der Waals surface area contributed by atoms with E-state index in [9.17, 15) is 13.2 Å². The molecule has 0 N–H and O–H groups in total. The molecular formula is C12H8F3N5O. The Balaban J connectivity index is 1.79. The van der Waals surface area contributed by atoms with Gasteiger partial charge in [0.25, 0.3) is 0 Å². The molecule has 0 saturated heterocycles. The number of hydrogen-bond donors (Lipinski definition) is 0. The van der Waals surface area contributed by atoms with Gasteiger partial charge in [-0.25, -0.2) is 0 Å². The largest absolute Gasteiger partial charge is 0.471 e. The summed E-state index contributed by atoms with van der Waals surface area (Å²) in [5.74, 6) is -1.45. The Kier molecular flexibility index (Phi) is 3.16. The first-order valence-electron chi connectivity index (χ1n) is 5.85. The van der Waals surface area contributed by atoms with Gasteiger partial charge in [0.05, 0.1) is 0 Å². The van der Waals surface area contributed by atoms with E-state index >= 15 is 0 Å². The summed E-state index contributed by atoms with van der Waals surface area (Å²) in [5, 5.41) is 10.7. The average molecular weight is 295 g/mol. The van der Waals surface area contributed by atoms with Crippen molar-refractivity contribution < 1.29 is 17.7 Å². The van der Waals surface area contributed by atoms with Crippen molar-refractivity contribution in [2.45, 2.75) is 12.7 Å². The Labute approximate surface area is 116 Å². The first-order chi connectivity index (χ1) is 10.0. The molecule has 3 aromatic rings. The van der Waals surface area contributed by atoms with E-state index in [1.807, 2.05) is 0 Å². The molecule has 2 aromatic heterocycles. The van der Waals surface area contributed by atoms with Crippen molar-refractivity contribution in [1.82, 2.24) is 24.9 Å². The van der Waals surface area contributed by atoms with Gasteiger partial charge in [-0.15, -0.1) is 10.2 Å². The van der Waals surface area contributed by atoms with Crippen LogP contribution in [0.15, 0.2) is 41.4 Å². The number of alkyl halides is 3. The topological polar surface area (TPSA) is 69.6 Å². The predicted octanol–water partition coefficient (Wildman–Crippen LogP) is 2.40. The van der Waals surface area contributed by atoms with Crippen LogP contribution in [0.3, 0.4) is 0 Å². The van der Waals surface area contributed by atoms with Gasteiger partial charge in [-0.3, -0.25) is 0 Å². The number of halogens is 3. The second-order valence-corrected chi connectivity index (χ2v) is 4.25. The van der Waals surface area contributed by atoms with Crippen LogP contribution in [0.1, 0.15) is 11.5 Å². The molecule has 3 rings (SSSR count). The van der Waals surface area contributed by atoms with E-state index < -0.39 is 12.1 Å². The molecule has 0 bridgehead atoms. The van der Waals surface area contributed by atoms with E-state index in [2.05, 4.69) is 24.9 Å². The molecule has 0 saturated carbocycles. The Morgan fingerprint density at radius 3 is 2.29 bits per heavy atom. The second-order valence-electron chi connectivity index (χ2n) is 4.25. The van der Waals surface area contributed by atoms with Crippen molar-refractivity contribution in [2.24, 2.45) is 0 Å². The van der Waals surface area contributed by atoms with Gasteiger partial charge >= 0.3 is 12.1 Å². The van der Waals surface area contributed by atoms with Crippen LogP contribution < -0.4 is 0 Å². The SMILES string of the molecule is FC(F)(F)c1nc(-c2ccc(Cn3cnnc3)cc2)no1. The van der Waals surface area contributed by atoms with Gasteiger partial charge in [-0.2, -0.15) is 18.2 Å². The fourth-order valence-electron chi connectivity index (χ4n) is 1.73.